The predicted octanol–water partition coefficient (Wildman–Crippen LogP) is 3.38. The molecule has 4 saturated heterocycles. The zero-order chi connectivity index (χ0) is 19.6. The number of carbonyl (C=O) groups excluding carboxylic acids is 1. The Balaban J connectivity index is 1.25. The maximum Gasteiger partial charge on any atom is 0.261 e. The fourth-order valence-electron chi connectivity index (χ4n) is 4.60. The van der Waals surface area contributed by atoms with Crippen LogP contribution in [0.5, 0.6) is 0 Å². The van der Waals surface area contributed by atoms with Crippen molar-refractivity contribution < 1.29 is 9.53 Å². The third kappa shape index (κ3) is 4.39. The van der Waals surface area contributed by atoms with Gasteiger partial charge in [0.25, 0.3) is 5.91 Å². The third-order valence-corrected chi connectivity index (χ3v) is 8.51. The van der Waals surface area contributed by atoms with Crippen molar-refractivity contribution in [2.24, 2.45) is 5.92 Å². The molecule has 1 aromatic carbocycles. The lowest BCUT2D eigenvalue weighted by atomic mass is 9.84. The first-order valence-electron chi connectivity index (χ1n) is 10.5. The van der Waals surface area contributed by atoms with E-state index >= 15 is 0 Å². The Morgan fingerprint density at radius 2 is 2.07 bits per heavy atom. The highest BCUT2D eigenvalue weighted by atomic mass is 32.2. The average Bonchev–Trinajstić information content (AvgIpc) is 3.24. The van der Waals surface area contributed by atoms with Gasteiger partial charge in [-0.1, -0.05) is 30.0 Å². The summed E-state index contributed by atoms with van der Waals surface area (Å²) in [7, 11) is 0. The molecule has 4 aliphatic rings. The van der Waals surface area contributed by atoms with Crippen LogP contribution in [-0.2, 0) is 4.74 Å². The third-order valence-electron chi connectivity index (χ3n) is 6.20. The number of benzene rings is 1. The molecule has 0 aliphatic carbocycles. The van der Waals surface area contributed by atoms with Crippen LogP contribution in [0.25, 0.3) is 0 Å². The van der Waals surface area contributed by atoms with Crippen molar-refractivity contribution in [2.45, 2.75) is 34.0 Å². The number of nitrogens with one attached hydrogen (secondary N) is 2. The van der Waals surface area contributed by atoms with Crippen LogP contribution < -0.4 is 10.6 Å². The fraction of sp³-hybridized carbons (Fsp3) is 0.500. The van der Waals surface area contributed by atoms with Crippen molar-refractivity contribution in [1.82, 2.24) is 15.5 Å². The van der Waals surface area contributed by atoms with Crippen LogP contribution in [0.4, 0.5) is 0 Å². The van der Waals surface area contributed by atoms with Crippen molar-refractivity contribution in [3.05, 3.63) is 46.8 Å². The van der Waals surface area contributed by atoms with E-state index in [1.54, 1.807) is 23.1 Å². The zero-order valence-electron chi connectivity index (χ0n) is 16.4. The summed E-state index contributed by atoms with van der Waals surface area (Å²) in [6.07, 6.45) is 2.43. The molecule has 6 rings (SSSR count). The topological polar surface area (TPSA) is 53.6 Å². The molecule has 1 amide bonds. The molecule has 1 unspecified atom stereocenters. The SMILES string of the molecule is O=C(N[C@H]1CN2CCC1CC2)c1ccc(Sc2ccccc2C2COCCN2)s1. The van der Waals surface area contributed by atoms with Gasteiger partial charge >= 0.3 is 0 Å². The van der Waals surface area contributed by atoms with E-state index in [-0.39, 0.29) is 11.9 Å². The number of rotatable bonds is 5. The number of amides is 1. The molecule has 5 nitrogen and oxygen atoms in total. The van der Waals surface area contributed by atoms with Crippen molar-refractivity contribution in [2.75, 3.05) is 39.4 Å². The number of ether oxygens (including phenoxy) is 1. The minimum absolute atomic E-state index is 0.0798. The Hall–Kier alpha value is -1.38. The molecule has 1 aromatic heterocycles. The van der Waals surface area contributed by atoms with Gasteiger partial charge in [0.1, 0.15) is 0 Å². The Bertz CT molecular complexity index is 857. The van der Waals surface area contributed by atoms with E-state index in [2.05, 4.69) is 45.9 Å². The lowest BCUT2D eigenvalue weighted by Gasteiger charge is -2.44. The fourth-order valence-corrected chi connectivity index (χ4v) is 6.77. The van der Waals surface area contributed by atoms with Gasteiger partial charge in [-0.05, 0) is 55.6 Å². The molecule has 2 aromatic rings. The molecule has 0 spiro atoms. The van der Waals surface area contributed by atoms with Gasteiger partial charge < -0.3 is 20.3 Å². The normalized spacial score (nSPS) is 29.0. The van der Waals surface area contributed by atoms with Crippen LogP contribution in [0, 0.1) is 5.92 Å². The summed E-state index contributed by atoms with van der Waals surface area (Å²) in [6, 6.07) is 13.1. The number of piperidine rings is 3. The monoisotopic (exact) mass is 429 g/mol. The summed E-state index contributed by atoms with van der Waals surface area (Å²) in [6.45, 7) is 5.75. The number of morpholine rings is 1. The summed E-state index contributed by atoms with van der Waals surface area (Å²) in [5.41, 5.74) is 1.27. The average molecular weight is 430 g/mol. The van der Waals surface area contributed by atoms with Gasteiger partial charge in [-0.2, -0.15) is 0 Å². The van der Waals surface area contributed by atoms with Gasteiger partial charge in [0.15, 0.2) is 0 Å². The first kappa shape index (κ1) is 19.6. The maximum absolute atomic E-state index is 12.8. The first-order chi connectivity index (χ1) is 14.3. The quantitative estimate of drug-likeness (QED) is 0.763. The van der Waals surface area contributed by atoms with Gasteiger partial charge in [-0.25, -0.2) is 0 Å². The molecular formula is C22H27N3O2S2. The number of hydrogen-bond acceptors (Lipinski definition) is 6. The van der Waals surface area contributed by atoms with Crippen LogP contribution in [0.1, 0.15) is 34.1 Å². The van der Waals surface area contributed by atoms with Crippen molar-refractivity contribution in [3.63, 3.8) is 0 Å². The van der Waals surface area contributed by atoms with Crippen LogP contribution in [0.15, 0.2) is 45.5 Å². The van der Waals surface area contributed by atoms with Crippen molar-refractivity contribution >= 4 is 29.0 Å². The summed E-state index contributed by atoms with van der Waals surface area (Å²) >= 11 is 3.32. The van der Waals surface area contributed by atoms with E-state index in [1.165, 1.54) is 36.4 Å². The number of fused-ring (bicyclic) bond motifs is 3. The van der Waals surface area contributed by atoms with E-state index in [0.29, 0.717) is 18.6 Å². The van der Waals surface area contributed by atoms with Gasteiger partial charge in [0.05, 0.1) is 28.3 Å². The van der Waals surface area contributed by atoms with E-state index in [9.17, 15) is 4.79 Å². The second-order valence-corrected chi connectivity index (χ2v) is 10.5. The van der Waals surface area contributed by atoms with Gasteiger partial charge in [0.2, 0.25) is 0 Å². The smallest absolute Gasteiger partial charge is 0.261 e. The molecule has 2 atom stereocenters. The first-order valence-corrected chi connectivity index (χ1v) is 12.1. The molecule has 4 aliphatic heterocycles. The summed E-state index contributed by atoms with van der Waals surface area (Å²) < 4.78 is 6.79. The Labute approximate surface area is 180 Å². The second kappa shape index (κ2) is 8.78. The number of thiophene rings is 1. The number of carbonyl (C=O) groups is 1. The van der Waals surface area contributed by atoms with Crippen LogP contribution in [0.2, 0.25) is 0 Å². The zero-order valence-corrected chi connectivity index (χ0v) is 18.1. The summed E-state index contributed by atoms with van der Waals surface area (Å²) in [5.74, 6) is 0.728. The van der Waals surface area contributed by atoms with Gasteiger partial charge in [-0.15, -0.1) is 11.3 Å². The molecule has 0 radical (unpaired) electrons. The standard InChI is InChI=1S/C22H27N3O2S2/c26-22(24-17-13-25-10-7-15(17)8-11-25)20-5-6-21(29-20)28-19-4-2-1-3-16(19)18-14-27-12-9-23-18/h1-6,15,17-18,23H,7-14H2,(H,24,26)/t17-,18?/m0/s1. The number of nitrogens with zero attached hydrogens (tertiary/aromatic N) is 1. The van der Waals surface area contributed by atoms with Crippen LogP contribution in [0.3, 0.4) is 0 Å². The molecule has 7 heteroatoms. The molecule has 0 saturated carbocycles. The van der Waals surface area contributed by atoms with Crippen LogP contribution >= 0.6 is 23.1 Å². The highest BCUT2D eigenvalue weighted by Crippen LogP contribution is 2.37. The van der Waals surface area contributed by atoms with E-state index in [0.717, 1.165) is 28.8 Å². The lowest BCUT2D eigenvalue weighted by Crippen LogP contribution is -2.57. The van der Waals surface area contributed by atoms with Crippen molar-refractivity contribution in [3.8, 4) is 0 Å². The van der Waals surface area contributed by atoms with Gasteiger partial charge in [-0.3, -0.25) is 4.79 Å². The highest BCUT2D eigenvalue weighted by molar-refractivity contribution is 8.01. The second-order valence-electron chi connectivity index (χ2n) is 8.06. The van der Waals surface area contributed by atoms with E-state index in [4.69, 9.17) is 4.74 Å². The molecule has 2 N–H and O–H groups in total. The molecule has 2 bridgehead atoms. The Morgan fingerprint density at radius 3 is 2.83 bits per heavy atom. The van der Waals surface area contributed by atoms with Crippen molar-refractivity contribution in [1.29, 1.82) is 0 Å². The summed E-state index contributed by atoms with van der Waals surface area (Å²) in [5, 5.41) is 6.84. The van der Waals surface area contributed by atoms with Crippen LogP contribution in [-0.4, -0.2) is 56.2 Å². The predicted molar refractivity (Wildman–Crippen MR) is 117 cm³/mol. The summed E-state index contributed by atoms with van der Waals surface area (Å²) in [4.78, 5) is 17.3. The van der Waals surface area contributed by atoms with Gasteiger partial charge in [0, 0.05) is 24.0 Å². The minimum atomic E-state index is 0.0798. The van der Waals surface area contributed by atoms with E-state index < -0.39 is 0 Å². The maximum atomic E-state index is 12.8. The largest absolute Gasteiger partial charge is 0.378 e. The number of hydrogen-bond donors (Lipinski definition) is 2. The molecule has 4 fully saturated rings. The lowest BCUT2D eigenvalue weighted by molar-refractivity contribution is 0.0622. The molecule has 29 heavy (non-hydrogen) atoms. The Morgan fingerprint density at radius 1 is 1.21 bits per heavy atom. The molecule has 5 heterocycles. The highest BCUT2D eigenvalue weighted by Gasteiger charge is 2.35. The van der Waals surface area contributed by atoms with E-state index in [1.807, 2.05) is 6.07 Å². The Kier molecular flexibility index (Phi) is 5.92. The minimum Gasteiger partial charge on any atom is -0.378 e. The molecule has 154 valence electrons. The molecular weight excluding hydrogens is 402 g/mol.